The molecule has 1 rings (SSSR count). The summed E-state index contributed by atoms with van der Waals surface area (Å²) in [4.78, 5) is 71.0. The molecule has 0 aliphatic carbocycles. The Labute approximate surface area is 230 Å². The first-order chi connectivity index (χ1) is 17.9. The van der Waals surface area contributed by atoms with Crippen LogP contribution in [0.3, 0.4) is 0 Å². The fraction of sp³-hybridized carbons (Fsp3) is 0.538. The monoisotopic (exact) mass is 568 g/mol. The van der Waals surface area contributed by atoms with Crippen molar-refractivity contribution in [3.63, 3.8) is 0 Å². The van der Waals surface area contributed by atoms with E-state index in [1.54, 1.807) is 38.1 Å². The molecule has 0 saturated carbocycles. The molecule has 0 aromatic heterocycles. The summed E-state index contributed by atoms with van der Waals surface area (Å²) in [6.07, 6.45) is 0.138. The highest BCUT2D eigenvalue weighted by atomic mass is 33.1. The molecule has 2 amide bonds. The molecule has 1 aromatic rings. The standard InChI is InChI=1S/C26H36N2O8S2/c1-16-5-7-20(8-6-16)25(33)28-22(26(34)35)9-10-23(31)36-12-14-38-37-13-11-21(30)15-17(2)24(32)27-18(3)19(4)29/h5-8,17-18,22H,9-15H2,1-4H3,(H,27,32)(H,28,33)(H,34,35)/t17-,18+,22+/m1/s1. The summed E-state index contributed by atoms with van der Waals surface area (Å²) in [7, 11) is 2.87. The van der Waals surface area contributed by atoms with E-state index in [4.69, 9.17) is 4.74 Å². The van der Waals surface area contributed by atoms with Gasteiger partial charge in [0, 0.05) is 42.2 Å². The first-order valence-electron chi connectivity index (χ1n) is 12.2. The molecule has 0 aliphatic rings. The Morgan fingerprint density at radius 1 is 0.947 bits per heavy atom. The lowest BCUT2D eigenvalue weighted by Crippen LogP contribution is -2.41. The maximum Gasteiger partial charge on any atom is 0.326 e. The van der Waals surface area contributed by atoms with Crippen LogP contribution in [-0.4, -0.2) is 70.6 Å². The zero-order valence-corrected chi connectivity index (χ0v) is 23.7. The SMILES string of the molecule is CC(=O)[C@H](C)NC(=O)[C@H](C)CC(=O)CCSSCCOC(=O)CC[C@H](NC(=O)c1ccc(C)cc1)C(=O)O. The van der Waals surface area contributed by atoms with Crippen molar-refractivity contribution in [2.75, 3.05) is 18.1 Å². The topological polar surface area (TPSA) is 156 Å². The molecule has 0 aliphatic heterocycles. The van der Waals surface area contributed by atoms with Crippen molar-refractivity contribution in [2.45, 2.75) is 65.5 Å². The number of aliphatic carboxylic acids is 1. The van der Waals surface area contributed by atoms with E-state index in [0.717, 1.165) is 5.56 Å². The van der Waals surface area contributed by atoms with Gasteiger partial charge in [0.05, 0.1) is 6.04 Å². The maximum atomic E-state index is 12.3. The van der Waals surface area contributed by atoms with Crippen LogP contribution in [0.5, 0.6) is 0 Å². The van der Waals surface area contributed by atoms with Gasteiger partial charge in [-0.2, -0.15) is 0 Å². The van der Waals surface area contributed by atoms with E-state index in [1.165, 1.54) is 28.5 Å². The molecule has 0 unspecified atom stereocenters. The van der Waals surface area contributed by atoms with Crippen molar-refractivity contribution in [3.8, 4) is 0 Å². The van der Waals surface area contributed by atoms with Crippen molar-refractivity contribution in [1.29, 1.82) is 0 Å². The summed E-state index contributed by atoms with van der Waals surface area (Å²) in [6.45, 7) is 6.63. The lowest BCUT2D eigenvalue weighted by atomic mass is 10.0. The van der Waals surface area contributed by atoms with Gasteiger partial charge in [-0.05, 0) is 39.3 Å². The molecular weight excluding hydrogens is 532 g/mol. The number of aryl methyl sites for hydroxylation is 1. The van der Waals surface area contributed by atoms with Gasteiger partial charge in [-0.3, -0.25) is 24.0 Å². The quantitative estimate of drug-likeness (QED) is 0.137. The largest absolute Gasteiger partial charge is 0.480 e. The summed E-state index contributed by atoms with van der Waals surface area (Å²) in [5, 5.41) is 14.4. The van der Waals surface area contributed by atoms with Gasteiger partial charge in [0.15, 0.2) is 5.78 Å². The third-order valence-corrected chi connectivity index (χ3v) is 7.85. The normalized spacial score (nSPS) is 13.1. The van der Waals surface area contributed by atoms with Crippen molar-refractivity contribution in [1.82, 2.24) is 10.6 Å². The summed E-state index contributed by atoms with van der Waals surface area (Å²) < 4.78 is 5.12. The maximum absolute atomic E-state index is 12.3. The molecule has 12 heteroatoms. The van der Waals surface area contributed by atoms with Crippen LogP contribution in [-0.2, 0) is 28.7 Å². The number of nitrogens with one attached hydrogen (secondary N) is 2. The minimum Gasteiger partial charge on any atom is -0.480 e. The third kappa shape index (κ3) is 13.6. The van der Waals surface area contributed by atoms with Crippen LogP contribution < -0.4 is 10.6 Å². The fourth-order valence-electron chi connectivity index (χ4n) is 2.99. The Bertz CT molecular complexity index is 984. The predicted molar refractivity (Wildman–Crippen MR) is 147 cm³/mol. The number of carbonyl (C=O) groups excluding carboxylic acids is 5. The minimum absolute atomic E-state index is 0.0508. The van der Waals surface area contributed by atoms with Crippen LogP contribution in [0, 0.1) is 12.8 Å². The zero-order chi connectivity index (χ0) is 28.7. The number of carboxylic acids is 1. The van der Waals surface area contributed by atoms with Crippen molar-refractivity contribution in [2.24, 2.45) is 5.92 Å². The average molecular weight is 569 g/mol. The van der Waals surface area contributed by atoms with E-state index in [0.29, 0.717) is 23.5 Å². The molecule has 0 heterocycles. The molecule has 0 fully saturated rings. The fourth-order valence-corrected chi connectivity index (χ4v) is 4.85. The van der Waals surface area contributed by atoms with E-state index in [2.05, 4.69) is 10.6 Å². The van der Waals surface area contributed by atoms with Crippen LogP contribution in [0.4, 0.5) is 0 Å². The van der Waals surface area contributed by atoms with Crippen LogP contribution in [0.2, 0.25) is 0 Å². The average Bonchev–Trinajstić information content (AvgIpc) is 2.85. The number of amides is 2. The van der Waals surface area contributed by atoms with Crippen molar-refractivity contribution in [3.05, 3.63) is 35.4 Å². The predicted octanol–water partition coefficient (Wildman–Crippen LogP) is 2.96. The minimum atomic E-state index is -1.24. The van der Waals surface area contributed by atoms with E-state index < -0.39 is 35.8 Å². The molecule has 38 heavy (non-hydrogen) atoms. The number of carboxylic acid groups (broad SMARTS) is 1. The number of benzene rings is 1. The molecule has 0 bridgehead atoms. The third-order valence-electron chi connectivity index (χ3n) is 5.48. The second-order valence-corrected chi connectivity index (χ2v) is 11.6. The number of hydrogen-bond donors (Lipinski definition) is 3. The van der Waals surface area contributed by atoms with Gasteiger partial charge >= 0.3 is 11.9 Å². The van der Waals surface area contributed by atoms with Crippen molar-refractivity contribution >= 4 is 56.9 Å². The Morgan fingerprint density at radius 3 is 2.18 bits per heavy atom. The molecular formula is C26H36N2O8S2. The molecule has 10 nitrogen and oxygen atoms in total. The number of Topliss-reactive ketones (excluding diaryl/α,β-unsaturated/α-hetero) is 2. The number of hydrogen-bond acceptors (Lipinski definition) is 9. The summed E-state index contributed by atoms with van der Waals surface area (Å²) in [5.74, 6) is -2.35. The molecule has 0 spiro atoms. The molecule has 210 valence electrons. The molecule has 0 saturated heterocycles. The van der Waals surface area contributed by atoms with Crippen LogP contribution in [0.15, 0.2) is 24.3 Å². The van der Waals surface area contributed by atoms with Gasteiger partial charge in [0.1, 0.15) is 18.4 Å². The number of ether oxygens (including phenoxy) is 1. The molecule has 3 atom stereocenters. The van der Waals surface area contributed by atoms with E-state index >= 15 is 0 Å². The Morgan fingerprint density at radius 2 is 1.58 bits per heavy atom. The highest BCUT2D eigenvalue weighted by Gasteiger charge is 2.22. The van der Waals surface area contributed by atoms with Gasteiger partial charge in [-0.15, -0.1) is 0 Å². The van der Waals surface area contributed by atoms with Crippen molar-refractivity contribution < 1.29 is 38.6 Å². The lowest BCUT2D eigenvalue weighted by molar-refractivity contribution is -0.144. The van der Waals surface area contributed by atoms with Crippen LogP contribution in [0.1, 0.15) is 62.4 Å². The summed E-state index contributed by atoms with van der Waals surface area (Å²) in [6, 6.07) is 4.90. The van der Waals surface area contributed by atoms with Crippen LogP contribution in [0.25, 0.3) is 0 Å². The van der Waals surface area contributed by atoms with Crippen LogP contribution >= 0.6 is 21.6 Å². The van der Waals surface area contributed by atoms with E-state index in [9.17, 15) is 33.9 Å². The lowest BCUT2D eigenvalue weighted by Gasteiger charge is -2.15. The summed E-state index contributed by atoms with van der Waals surface area (Å²) >= 11 is 0. The Kier molecular flexibility index (Phi) is 15.4. The zero-order valence-electron chi connectivity index (χ0n) is 22.1. The first kappa shape index (κ1) is 33.2. The van der Waals surface area contributed by atoms with Gasteiger partial charge in [0.2, 0.25) is 5.91 Å². The highest BCUT2D eigenvalue weighted by molar-refractivity contribution is 8.76. The summed E-state index contributed by atoms with van der Waals surface area (Å²) in [5.41, 5.74) is 1.30. The van der Waals surface area contributed by atoms with Gasteiger partial charge in [-0.1, -0.05) is 46.2 Å². The molecule has 1 aromatic carbocycles. The van der Waals surface area contributed by atoms with Gasteiger partial charge < -0.3 is 20.5 Å². The second-order valence-electron chi connectivity index (χ2n) is 8.87. The first-order valence-corrected chi connectivity index (χ1v) is 14.7. The van der Waals surface area contributed by atoms with Gasteiger partial charge in [-0.25, -0.2) is 4.79 Å². The van der Waals surface area contributed by atoms with Gasteiger partial charge in [0.25, 0.3) is 5.91 Å². The molecule has 3 N–H and O–H groups in total. The Balaban J connectivity index is 2.19. The number of rotatable bonds is 18. The number of ketones is 2. The Hall–Kier alpha value is -2.86. The highest BCUT2D eigenvalue weighted by Crippen LogP contribution is 2.22. The van der Waals surface area contributed by atoms with E-state index in [-0.39, 0.29) is 43.3 Å². The second kappa shape index (κ2) is 17.6. The molecule has 0 radical (unpaired) electrons. The van der Waals surface area contributed by atoms with E-state index in [1.807, 2.05) is 6.92 Å². The number of esters is 1. The smallest absolute Gasteiger partial charge is 0.326 e. The number of carbonyl (C=O) groups is 6.